The number of β-amino-alcohol motifs (C(OH)–C–C–N with tert-alkyl or cyclic N) is 1. The van der Waals surface area contributed by atoms with Crippen molar-refractivity contribution in [2.24, 2.45) is 5.92 Å². The van der Waals surface area contributed by atoms with Crippen LogP contribution in [0.2, 0.25) is 0 Å². The fourth-order valence-corrected chi connectivity index (χ4v) is 3.59. The van der Waals surface area contributed by atoms with Crippen LogP contribution in [0.1, 0.15) is 29.3 Å². The molecule has 1 amide bonds. The van der Waals surface area contributed by atoms with Gasteiger partial charge >= 0.3 is 0 Å². The van der Waals surface area contributed by atoms with Crippen molar-refractivity contribution < 1.29 is 9.90 Å². The number of rotatable bonds is 4. The van der Waals surface area contributed by atoms with Crippen LogP contribution in [-0.2, 0) is 5.75 Å². The average Bonchev–Trinajstić information content (AvgIpc) is 2.63. The molecule has 0 spiro atoms. The second-order valence-electron chi connectivity index (χ2n) is 6.26. The van der Waals surface area contributed by atoms with Crippen molar-refractivity contribution in [3.63, 3.8) is 0 Å². The van der Waals surface area contributed by atoms with Gasteiger partial charge in [0.15, 0.2) is 0 Å². The van der Waals surface area contributed by atoms with Gasteiger partial charge in [-0.1, -0.05) is 13.0 Å². The van der Waals surface area contributed by atoms with Crippen LogP contribution in [0.5, 0.6) is 0 Å². The van der Waals surface area contributed by atoms with Gasteiger partial charge in [-0.05, 0) is 48.2 Å². The minimum Gasteiger partial charge on any atom is -0.391 e. The van der Waals surface area contributed by atoms with Crippen LogP contribution in [0, 0.1) is 5.92 Å². The first-order valence-corrected chi connectivity index (χ1v) is 9.21. The number of thioether (sulfide) groups is 1. The van der Waals surface area contributed by atoms with Crippen molar-refractivity contribution in [1.82, 2.24) is 9.88 Å². The maximum atomic E-state index is 12.5. The largest absolute Gasteiger partial charge is 0.391 e. The topological polar surface area (TPSA) is 53.4 Å². The third-order valence-corrected chi connectivity index (χ3v) is 5.52. The van der Waals surface area contributed by atoms with Crippen LogP contribution in [0.3, 0.4) is 0 Å². The van der Waals surface area contributed by atoms with Gasteiger partial charge in [0.2, 0.25) is 0 Å². The molecule has 1 N–H and O–H groups in total. The van der Waals surface area contributed by atoms with E-state index in [4.69, 9.17) is 0 Å². The molecule has 2 atom stereocenters. The molecule has 0 radical (unpaired) electrons. The minimum absolute atomic E-state index is 0.00441. The van der Waals surface area contributed by atoms with Gasteiger partial charge in [-0.25, -0.2) is 0 Å². The molecule has 2 unspecified atom stereocenters. The molecule has 2 aromatic rings. The minimum atomic E-state index is -0.419. The molecule has 24 heavy (non-hydrogen) atoms. The Hall–Kier alpha value is -1.85. The van der Waals surface area contributed by atoms with Gasteiger partial charge in [-0.15, -0.1) is 11.8 Å². The van der Waals surface area contributed by atoms with Gasteiger partial charge in [-0.3, -0.25) is 9.78 Å². The predicted octanol–water partition coefficient (Wildman–Crippen LogP) is 3.22. The van der Waals surface area contributed by atoms with Crippen LogP contribution in [0.25, 0.3) is 0 Å². The molecular weight excluding hydrogens is 320 g/mol. The number of hydrogen-bond acceptors (Lipinski definition) is 4. The molecule has 126 valence electrons. The summed E-state index contributed by atoms with van der Waals surface area (Å²) in [7, 11) is 0. The summed E-state index contributed by atoms with van der Waals surface area (Å²) in [6, 6.07) is 11.7. The maximum Gasteiger partial charge on any atom is 0.253 e. The SMILES string of the molecule is CC1CCN(C(=O)c2ccc(SCc3cccnc3)cc2)CC1O. The van der Waals surface area contributed by atoms with Gasteiger partial charge in [0.25, 0.3) is 5.91 Å². The van der Waals surface area contributed by atoms with E-state index in [0.29, 0.717) is 18.7 Å². The van der Waals surface area contributed by atoms with Crippen LogP contribution in [0.4, 0.5) is 0 Å². The van der Waals surface area contributed by atoms with Crippen molar-refractivity contribution in [3.8, 4) is 0 Å². The van der Waals surface area contributed by atoms with E-state index in [1.54, 1.807) is 22.9 Å². The Morgan fingerprint density at radius 3 is 2.79 bits per heavy atom. The number of carbonyl (C=O) groups is 1. The third kappa shape index (κ3) is 4.16. The first-order chi connectivity index (χ1) is 11.6. The Kier molecular flexibility index (Phi) is 5.53. The van der Waals surface area contributed by atoms with Gasteiger partial charge in [-0.2, -0.15) is 0 Å². The molecule has 0 bridgehead atoms. The highest BCUT2D eigenvalue weighted by Crippen LogP contribution is 2.24. The van der Waals surface area contributed by atoms with Crippen molar-refractivity contribution in [3.05, 3.63) is 59.9 Å². The summed E-state index contributed by atoms with van der Waals surface area (Å²) in [5.74, 6) is 1.13. The van der Waals surface area contributed by atoms with E-state index < -0.39 is 6.10 Å². The third-order valence-electron chi connectivity index (χ3n) is 4.44. The Morgan fingerprint density at radius 1 is 1.33 bits per heavy atom. The highest BCUT2D eigenvalue weighted by Gasteiger charge is 2.27. The number of benzene rings is 1. The number of aliphatic hydroxyl groups excluding tert-OH is 1. The van der Waals surface area contributed by atoms with E-state index in [2.05, 4.69) is 11.1 Å². The molecule has 1 aliphatic heterocycles. The van der Waals surface area contributed by atoms with Crippen molar-refractivity contribution >= 4 is 17.7 Å². The molecule has 1 fully saturated rings. The van der Waals surface area contributed by atoms with E-state index >= 15 is 0 Å². The number of amides is 1. The standard InChI is InChI=1S/C19H22N2O2S/c1-14-8-10-21(12-18(14)22)19(23)16-4-6-17(7-5-16)24-13-15-3-2-9-20-11-15/h2-7,9,11,14,18,22H,8,10,12-13H2,1H3. The summed E-state index contributed by atoms with van der Waals surface area (Å²) in [5, 5.41) is 9.96. The summed E-state index contributed by atoms with van der Waals surface area (Å²) in [5.41, 5.74) is 1.86. The number of likely N-dealkylation sites (tertiary alicyclic amines) is 1. The zero-order valence-corrected chi connectivity index (χ0v) is 14.6. The van der Waals surface area contributed by atoms with E-state index in [1.165, 1.54) is 5.56 Å². The normalized spacial score (nSPS) is 20.8. The first-order valence-electron chi connectivity index (χ1n) is 8.22. The molecule has 2 heterocycles. The van der Waals surface area contributed by atoms with E-state index in [-0.39, 0.29) is 11.8 Å². The highest BCUT2D eigenvalue weighted by molar-refractivity contribution is 7.98. The van der Waals surface area contributed by atoms with Crippen molar-refractivity contribution in [2.45, 2.75) is 30.1 Å². The zero-order valence-electron chi connectivity index (χ0n) is 13.8. The van der Waals surface area contributed by atoms with E-state index in [1.807, 2.05) is 43.5 Å². The second kappa shape index (κ2) is 7.81. The van der Waals surface area contributed by atoms with Crippen LogP contribution < -0.4 is 0 Å². The van der Waals surface area contributed by atoms with Crippen molar-refractivity contribution in [2.75, 3.05) is 13.1 Å². The Labute approximate surface area is 146 Å². The van der Waals surface area contributed by atoms with Gasteiger partial charge in [0, 0.05) is 41.7 Å². The monoisotopic (exact) mass is 342 g/mol. The van der Waals surface area contributed by atoms with Gasteiger partial charge in [0.1, 0.15) is 0 Å². The molecule has 5 heteroatoms. The van der Waals surface area contributed by atoms with Crippen LogP contribution >= 0.6 is 11.8 Å². The first kappa shape index (κ1) is 17.0. The number of aliphatic hydroxyl groups is 1. The molecule has 0 aliphatic carbocycles. The van der Waals surface area contributed by atoms with E-state index in [0.717, 1.165) is 17.1 Å². The predicted molar refractivity (Wildman–Crippen MR) is 95.9 cm³/mol. The zero-order chi connectivity index (χ0) is 16.9. The smallest absolute Gasteiger partial charge is 0.253 e. The number of hydrogen-bond donors (Lipinski definition) is 1. The fraction of sp³-hybridized carbons (Fsp3) is 0.368. The molecule has 1 aliphatic rings. The lowest BCUT2D eigenvalue weighted by Crippen LogP contribution is -2.45. The number of pyridine rings is 1. The lowest BCUT2D eigenvalue weighted by molar-refractivity contribution is 0.0248. The number of piperidine rings is 1. The Balaban J connectivity index is 1.59. The quantitative estimate of drug-likeness (QED) is 0.867. The van der Waals surface area contributed by atoms with Gasteiger partial charge in [0.05, 0.1) is 6.10 Å². The van der Waals surface area contributed by atoms with E-state index in [9.17, 15) is 9.90 Å². The molecule has 1 aromatic carbocycles. The maximum absolute atomic E-state index is 12.5. The number of carbonyl (C=O) groups excluding carboxylic acids is 1. The fourth-order valence-electron chi connectivity index (χ4n) is 2.76. The number of nitrogens with zero attached hydrogens (tertiary/aromatic N) is 2. The molecule has 1 aromatic heterocycles. The molecule has 3 rings (SSSR count). The lowest BCUT2D eigenvalue weighted by Gasteiger charge is -2.34. The average molecular weight is 342 g/mol. The summed E-state index contributed by atoms with van der Waals surface area (Å²) < 4.78 is 0. The van der Waals surface area contributed by atoms with Crippen LogP contribution in [0.15, 0.2) is 53.7 Å². The van der Waals surface area contributed by atoms with Crippen molar-refractivity contribution in [1.29, 1.82) is 0 Å². The molecule has 4 nitrogen and oxygen atoms in total. The number of aromatic nitrogens is 1. The molecular formula is C19H22N2O2S. The Morgan fingerprint density at radius 2 is 2.12 bits per heavy atom. The van der Waals surface area contributed by atoms with Gasteiger partial charge < -0.3 is 10.0 Å². The van der Waals surface area contributed by atoms with Crippen LogP contribution in [-0.4, -0.2) is 40.1 Å². The summed E-state index contributed by atoms with van der Waals surface area (Å²) >= 11 is 1.73. The molecule has 1 saturated heterocycles. The lowest BCUT2D eigenvalue weighted by atomic mass is 9.95. The summed E-state index contributed by atoms with van der Waals surface area (Å²) in [6.45, 7) is 3.17. The second-order valence-corrected chi connectivity index (χ2v) is 7.31. The Bertz CT molecular complexity index is 676. The summed E-state index contributed by atoms with van der Waals surface area (Å²) in [6.07, 6.45) is 4.07. The highest BCUT2D eigenvalue weighted by atomic mass is 32.2. The summed E-state index contributed by atoms with van der Waals surface area (Å²) in [4.78, 5) is 19.5. The molecule has 0 saturated carbocycles.